The molecular weight excluding hydrogens is 122 g/mol. The van der Waals surface area contributed by atoms with Crippen LogP contribution in [0.4, 0.5) is 0 Å². The van der Waals surface area contributed by atoms with Crippen LogP contribution >= 0.6 is 0 Å². The predicted molar refractivity (Wildman–Crippen MR) is 47.0 cm³/mol. The van der Waals surface area contributed by atoms with Crippen molar-refractivity contribution in [2.75, 3.05) is 6.54 Å². The van der Waals surface area contributed by atoms with E-state index in [2.05, 4.69) is 19.1 Å². The van der Waals surface area contributed by atoms with Gasteiger partial charge in [0.2, 0.25) is 0 Å². The van der Waals surface area contributed by atoms with Crippen molar-refractivity contribution in [2.24, 2.45) is 5.73 Å². The van der Waals surface area contributed by atoms with E-state index in [1.165, 1.54) is 25.7 Å². The molecular formula is C9H19N. The predicted octanol–water partition coefficient (Wildman–Crippen LogP) is 2.47. The number of unbranched alkanes of at least 4 members (excludes halogenated alkanes) is 3. The lowest BCUT2D eigenvalue weighted by molar-refractivity contribution is 0.728. The molecule has 0 rings (SSSR count). The largest absolute Gasteiger partial charge is 0.330 e. The standard InChI is InChI=1S/C9H19N/c1-2-3-4-5-6-7-8-9-10/h6-7H,2-5,8-10H2,1H3/b7-6-. The third-order valence-electron chi connectivity index (χ3n) is 1.47. The average Bonchev–Trinajstić information content (AvgIpc) is 1.97. The van der Waals surface area contributed by atoms with Gasteiger partial charge in [-0.2, -0.15) is 0 Å². The van der Waals surface area contributed by atoms with E-state index in [-0.39, 0.29) is 0 Å². The van der Waals surface area contributed by atoms with Crippen molar-refractivity contribution in [3.8, 4) is 0 Å². The molecule has 0 fully saturated rings. The van der Waals surface area contributed by atoms with Crippen LogP contribution < -0.4 is 5.73 Å². The van der Waals surface area contributed by atoms with E-state index in [1.54, 1.807) is 0 Å². The summed E-state index contributed by atoms with van der Waals surface area (Å²) in [7, 11) is 0. The molecule has 1 nitrogen and oxygen atoms in total. The van der Waals surface area contributed by atoms with E-state index in [0.717, 1.165) is 13.0 Å². The van der Waals surface area contributed by atoms with Crippen molar-refractivity contribution in [2.45, 2.75) is 39.0 Å². The van der Waals surface area contributed by atoms with Crippen molar-refractivity contribution < 1.29 is 0 Å². The molecule has 1 heteroatoms. The van der Waals surface area contributed by atoms with Crippen LogP contribution in [0.5, 0.6) is 0 Å². The Morgan fingerprint density at radius 1 is 1.10 bits per heavy atom. The van der Waals surface area contributed by atoms with Crippen molar-refractivity contribution in [3.63, 3.8) is 0 Å². The zero-order valence-corrected chi connectivity index (χ0v) is 6.97. The van der Waals surface area contributed by atoms with E-state index in [0.29, 0.717) is 0 Å². The highest BCUT2D eigenvalue weighted by Crippen LogP contribution is 1.99. The molecule has 0 aliphatic rings. The van der Waals surface area contributed by atoms with Crippen LogP contribution in [-0.2, 0) is 0 Å². The molecule has 0 aromatic rings. The van der Waals surface area contributed by atoms with Gasteiger partial charge in [-0.15, -0.1) is 0 Å². The molecule has 0 aromatic carbocycles. The van der Waals surface area contributed by atoms with Gasteiger partial charge < -0.3 is 5.73 Å². The average molecular weight is 141 g/mol. The molecule has 2 N–H and O–H groups in total. The minimum Gasteiger partial charge on any atom is -0.330 e. The van der Waals surface area contributed by atoms with Crippen molar-refractivity contribution in [3.05, 3.63) is 12.2 Å². The topological polar surface area (TPSA) is 26.0 Å². The molecule has 0 atom stereocenters. The Morgan fingerprint density at radius 2 is 1.80 bits per heavy atom. The van der Waals surface area contributed by atoms with Gasteiger partial charge in [0.1, 0.15) is 0 Å². The van der Waals surface area contributed by atoms with E-state index in [1.807, 2.05) is 0 Å². The van der Waals surface area contributed by atoms with Crippen LogP contribution in [0.3, 0.4) is 0 Å². The van der Waals surface area contributed by atoms with Gasteiger partial charge in [0.05, 0.1) is 0 Å². The highest BCUT2D eigenvalue weighted by Gasteiger charge is 1.80. The van der Waals surface area contributed by atoms with Gasteiger partial charge in [0, 0.05) is 0 Å². The third-order valence-corrected chi connectivity index (χ3v) is 1.47. The summed E-state index contributed by atoms with van der Waals surface area (Å²) in [6, 6.07) is 0. The molecule has 10 heavy (non-hydrogen) atoms. The molecule has 0 amide bonds. The molecule has 0 aliphatic carbocycles. The lowest BCUT2D eigenvalue weighted by Gasteiger charge is -1.90. The van der Waals surface area contributed by atoms with E-state index in [4.69, 9.17) is 5.73 Å². The quantitative estimate of drug-likeness (QED) is 0.446. The summed E-state index contributed by atoms with van der Waals surface area (Å²) in [5.41, 5.74) is 5.32. The lowest BCUT2D eigenvalue weighted by atomic mass is 10.2. The second-order valence-corrected chi connectivity index (χ2v) is 2.54. The maximum absolute atomic E-state index is 5.32. The highest BCUT2D eigenvalue weighted by atomic mass is 14.5. The second-order valence-electron chi connectivity index (χ2n) is 2.54. The summed E-state index contributed by atoms with van der Waals surface area (Å²) in [5.74, 6) is 0. The van der Waals surface area contributed by atoms with Gasteiger partial charge >= 0.3 is 0 Å². The summed E-state index contributed by atoms with van der Waals surface area (Å²) in [6.07, 6.45) is 10.7. The summed E-state index contributed by atoms with van der Waals surface area (Å²) < 4.78 is 0. The zero-order chi connectivity index (χ0) is 7.66. The van der Waals surface area contributed by atoms with Gasteiger partial charge in [-0.25, -0.2) is 0 Å². The number of allylic oxidation sites excluding steroid dienone is 1. The SMILES string of the molecule is CCCCC/C=C\CCN. The molecule has 0 aliphatic heterocycles. The number of hydrogen-bond donors (Lipinski definition) is 1. The van der Waals surface area contributed by atoms with Gasteiger partial charge in [-0.05, 0) is 25.8 Å². The Kier molecular flexibility index (Phi) is 8.44. The molecule has 0 saturated heterocycles. The molecule has 0 aromatic heterocycles. The summed E-state index contributed by atoms with van der Waals surface area (Å²) in [4.78, 5) is 0. The maximum atomic E-state index is 5.32. The molecule has 0 spiro atoms. The minimum atomic E-state index is 0.782. The number of hydrogen-bond acceptors (Lipinski definition) is 1. The van der Waals surface area contributed by atoms with Crippen molar-refractivity contribution in [1.29, 1.82) is 0 Å². The zero-order valence-electron chi connectivity index (χ0n) is 6.97. The first-order valence-electron chi connectivity index (χ1n) is 4.27. The maximum Gasteiger partial charge on any atom is -0.00426 e. The van der Waals surface area contributed by atoms with Crippen LogP contribution in [0.25, 0.3) is 0 Å². The second kappa shape index (κ2) is 8.70. The van der Waals surface area contributed by atoms with Crippen LogP contribution in [0.15, 0.2) is 12.2 Å². The minimum absolute atomic E-state index is 0.782. The van der Waals surface area contributed by atoms with Gasteiger partial charge in [-0.3, -0.25) is 0 Å². The van der Waals surface area contributed by atoms with E-state index < -0.39 is 0 Å². The fourth-order valence-electron chi connectivity index (χ4n) is 0.844. The van der Waals surface area contributed by atoms with Crippen molar-refractivity contribution in [1.82, 2.24) is 0 Å². The van der Waals surface area contributed by atoms with Gasteiger partial charge in [-0.1, -0.05) is 31.9 Å². The first-order chi connectivity index (χ1) is 4.91. The first-order valence-corrected chi connectivity index (χ1v) is 4.27. The monoisotopic (exact) mass is 141 g/mol. The Balaban J connectivity index is 2.88. The Hall–Kier alpha value is -0.300. The van der Waals surface area contributed by atoms with Crippen LogP contribution in [-0.4, -0.2) is 6.54 Å². The lowest BCUT2D eigenvalue weighted by Crippen LogP contribution is -1.94. The normalized spacial score (nSPS) is 11.0. The first kappa shape index (κ1) is 9.70. The van der Waals surface area contributed by atoms with Gasteiger partial charge in [0.15, 0.2) is 0 Å². The highest BCUT2D eigenvalue weighted by molar-refractivity contribution is 4.81. The Bertz CT molecular complexity index is 76.8. The summed E-state index contributed by atoms with van der Waals surface area (Å²) in [5, 5.41) is 0. The summed E-state index contributed by atoms with van der Waals surface area (Å²) >= 11 is 0. The third kappa shape index (κ3) is 7.70. The molecule has 0 heterocycles. The van der Waals surface area contributed by atoms with Crippen LogP contribution in [0.2, 0.25) is 0 Å². The van der Waals surface area contributed by atoms with E-state index >= 15 is 0 Å². The molecule has 60 valence electrons. The number of nitrogens with two attached hydrogens (primary N) is 1. The smallest absolute Gasteiger partial charge is 0.00426 e. The van der Waals surface area contributed by atoms with Crippen molar-refractivity contribution >= 4 is 0 Å². The molecule has 0 radical (unpaired) electrons. The van der Waals surface area contributed by atoms with E-state index in [9.17, 15) is 0 Å². The fraction of sp³-hybridized carbons (Fsp3) is 0.778. The van der Waals surface area contributed by atoms with Crippen LogP contribution in [0, 0.1) is 0 Å². The molecule has 0 bridgehead atoms. The Labute approximate surface area is 64.3 Å². The summed E-state index contributed by atoms with van der Waals surface area (Å²) in [6.45, 7) is 3.01. The molecule has 0 unspecified atom stereocenters. The number of rotatable bonds is 6. The fourth-order valence-corrected chi connectivity index (χ4v) is 0.844. The van der Waals surface area contributed by atoms with Gasteiger partial charge in [0.25, 0.3) is 0 Å². The Morgan fingerprint density at radius 3 is 2.40 bits per heavy atom. The molecule has 0 saturated carbocycles. The van der Waals surface area contributed by atoms with Crippen LogP contribution in [0.1, 0.15) is 39.0 Å².